The number of hydrogen-bond donors (Lipinski definition) is 2. The van der Waals surface area contributed by atoms with Crippen molar-refractivity contribution >= 4 is 11.6 Å². The molecule has 1 aliphatic rings. The van der Waals surface area contributed by atoms with Crippen LogP contribution in [-0.2, 0) is 9.53 Å². The number of nitrogens with one attached hydrogen (secondary N) is 1. The zero-order valence-electron chi connectivity index (χ0n) is 13.5. The molecular weight excluding hydrogens is 304 g/mol. The molecule has 0 aliphatic carbocycles. The van der Waals surface area contributed by atoms with Crippen LogP contribution in [0.1, 0.15) is 24.4 Å². The van der Waals surface area contributed by atoms with Gasteiger partial charge in [0.15, 0.2) is 0 Å². The third-order valence-electron chi connectivity index (χ3n) is 4.02. The van der Waals surface area contributed by atoms with Gasteiger partial charge in [0, 0.05) is 18.4 Å². The molecule has 126 valence electrons. The van der Waals surface area contributed by atoms with E-state index in [4.69, 9.17) is 15.2 Å². The van der Waals surface area contributed by atoms with E-state index in [2.05, 4.69) is 5.32 Å². The number of carbonyl (C=O) groups excluding carboxylic acids is 1. The van der Waals surface area contributed by atoms with Gasteiger partial charge in [-0.25, -0.2) is 0 Å². The van der Waals surface area contributed by atoms with Crippen LogP contribution in [0, 0.1) is 0 Å². The van der Waals surface area contributed by atoms with E-state index < -0.39 is 11.9 Å². The van der Waals surface area contributed by atoms with E-state index in [0.717, 1.165) is 36.4 Å². The van der Waals surface area contributed by atoms with Crippen molar-refractivity contribution in [3.8, 4) is 5.75 Å². The molecule has 5 heteroatoms. The second-order valence-corrected chi connectivity index (χ2v) is 5.86. The minimum Gasteiger partial charge on any atom is -0.491 e. The van der Waals surface area contributed by atoms with Gasteiger partial charge in [0.05, 0.1) is 6.10 Å². The zero-order valence-corrected chi connectivity index (χ0v) is 13.5. The van der Waals surface area contributed by atoms with Gasteiger partial charge in [-0.05, 0) is 30.5 Å². The van der Waals surface area contributed by atoms with E-state index >= 15 is 0 Å². The Kier molecular flexibility index (Phi) is 5.33. The summed E-state index contributed by atoms with van der Waals surface area (Å²) in [6.45, 7) is 1.36. The number of ether oxygens (including phenoxy) is 2. The molecule has 3 rings (SSSR count). The van der Waals surface area contributed by atoms with Crippen molar-refractivity contribution in [3.63, 3.8) is 0 Å². The summed E-state index contributed by atoms with van der Waals surface area (Å²) in [6, 6.07) is 16.4. The van der Waals surface area contributed by atoms with E-state index in [-0.39, 0.29) is 6.10 Å². The molecule has 24 heavy (non-hydrogen) atoms. The molecule has 0 radical (unpaired) electrons. The maximum absolute atomic E-state index is 11.8. The van der Waals surface area contributed by atoms with Crippen molar-refractivity contribution in [2.75, 3.05) is 18.5 Å². The second kappa shape index (κ2) is 7.84. The Morgan fingerprint density at radius 1 is 1.25 bits per heavy atom. The Labute approximate surface area is 141 Å². The average Bonchev–Trinajstić information content (AvgIpc) is 3.12. The summed E-state index contributed by atoms with van der Waals surface area (Å²) in [5.74, 6) is 0.318. The number of nitrogens with two attached hydrogens (primary N) is 1. The van der Waals surface area contributed by atoms with Crippen molar-refractivity contribution in [2.45, 2.75) is 25.0 Å². The van der Waals surface area contributed by atoms with Gasteiger partial charge >= 0.3 is 0 Å². The van der Waals surface area contributed by atoms with Crippen LogP contribution in [0.15, 0.2) is 54.6 Å². The molecule has 0 unspecified atom stereocenters. The third-order valence-corrected chi connectivity index (χ3v) is 4.02. The number of amides is 1. The minimum absolute atomic E-state index is 0.171. The van der Waals surface area contributed by atoms with E-state index in [0.29, 0.717) is 6.61 Å². The Hall–Kier alpha value is -2.53. The molecule has 2 aromatic rings. The summed E-state index contributed by atoms with van der Waals surface area (Å²) in [6.07, 6.45) is 2.30. The van der Waals surface area contributed by atoms with Crippen molar-refractivity contribution in [2.24, 2.45) is 5.73 Å². The lowest BCUT2D eigenvalue weighted by Gasteiger charge is -2.18. The van der Waals surface area contributed by atoms with Crippen molar-refractivity contribution in [3.05, 3.63) is 60.2 Å². The van der Waals surface area contributed by atoms with Crippen LogP contribution in [-0.4, -0.2) is 25.2 Å². The molecule has 1 amide bonds. The van der Waals surface area contributed by atoms with Crippen LogP contribution in [0.25, 0.3) is 0 Å². The number of hydrogen-bond acceptors (Lipinski definition) is 4. The first-order valence-corrected chi connectivity index (χ1v) is 8.17. The predicted octanol–water partition coefficient (Wildman–Crippen LogP) is 2.88. The first-order chi connectivity index (χ1) is 11.7. The number of anilines is 1. The smallest absolute Gasteiger partial charge is 0.244 e. The van der Waals surface area contributed by atoms with Gasteiger partial charge in [0.2, 0.25) is 5.91 Å². The molecular formula is C19H22N2O3. The summed E-state index contributed by atoms with van der Waals surface area (Å²) in [5.41, 5.74) is 7.16. The highest BCUT2D eigenvalue weighted by Gasteiger charge is 2.18. The van der Waals surface area contributed by atoms with E-state index in [1.54, 1.807) is 0 Å². The van der Waals surface area contributed by atoms with Crippen LogP contribution in [0.3, 0.4) is 0 Å². The topological polar surface area (TPSA) is 73.6 Å². The highest BCUT2D eigenvalue weighted by atomic mass is 16.5. The first kappa shape index (κ1) is 16.3. The maximum atomic E-state index is 11.8. The molecule has 0 aromatic heterocycles. The molecule has 2 atom stereocenters. The van der Waals surface area contributed by atoms with Crippen LogP contribution in [0.2, 0.25) is 0 Å². The maximum Gasteiger partial charge on any atom is 0.244 e. The second-order valence-electron chi connectivity index (χ2n) is 5.86. The molecule has 5 nitrogen and oxygen atoms in total. The number of primary amides is 1. The van der Waals surface area contributed by atoms with Crippen LogP contribution < -0.4 is 15.8 Å². The number of rotatable bonds is 7. The van der Waals surface area contributed by atoms with Crippen molar-refractivity contribution in [1.29, 1.82) is 0 Å². The Morgan fingerprint density at radius 3 is 2.79 bits per heavy atom. The van der Waals surface area contributed by atoms with Crippen molar-refractivity contribution in [1.82, 2.24) is 0 Å². The molecule has 3 N–H and O–H groups in total. The van der Waals surface area contributed by atoms with Gasteiger partial charge in [-0.1, -0.05) is 36.4 Å². The zero-order chi connectivity index (χ0) is 16.8. The molecule has 1 heterocycles. The fourth-order valence-corrected chi connectivity index (χ4v) is 2.77. The molecule has 1 saturated heterocycles. The van der Waals surface area contributed by atoms with E-state index in [1.165, 1.54) is 0 Å². The molecule has 0 spiro atoms. The highest BCUT2D eigenvalue weighted by molar-refractivity contribution is 5.84. The molecule has 0 saturated carbocycles. The average molecular weight is 326 g/mol. The molecule has 2 aromatic carbocycles. The summed E-state index contributed by atoms with van der Waals surface area (Å²) >= 11 is 0. The quantitative estimate of drug-likeness (QED) is 0.820. The van der Waals surface area contributed by atoms with Gasteiger partial charge in [0.1, 0.15) is 18.4 Å². The van der Waals surface area contributed by atoms with Crippen molar-refractivity contribution < 1.29 is 14.3 Å². The monoisotopic (exact) mass is 326 g/mol. The summed E-state index contributed by atoms with van der Waals surface area (Å²) in [5, 5.41) is 3.18. The molecule has 1 fully saturated rings. The molecule has 1 aliphatic heterocycles. The van der Waals surface area contributed by atoms with Gasteiger partial charge < -0.3 is 20.5 Å². The van der Waals surface area contributed by atoms with Crippen LogP contribution >= 0.6 is 0 Å². The van der Waals surface area contributed by atoms with Gasteiger partial charge in [-0.2, -0.15) is 0 Å². The third kappa shape index (κ3) is 4.26. The number of carbonyl (C=O) groups is 1. The summed E-state index contributed by atoms with van der Waals surface area (Å²) in [4.78, 5) is 11.8. The lowest BCUT2D eigenvalue weighted by atomic mass is 10.1. The normalized spacial score (nSPS) is 18.1. The van der Waals surface area contributed by atoms with E-state index in [1.807, 2.05) is 54.6 Å². The lowest BCUT2D eigenvalue weighted by molar-refractivity contribution is -0.118. The van der Waals surface area contributed by atoms with Crippen LogP contribution in [0.4, 0.5) is 5.69 Å². The minimum atomic E-state index is -0.584. The van der Waals surface area contributed by atoms with Gasteiger partial charge in [-0.3, -0.25) is 4.79 Å². The fourth-order valence-electron chi connectivity index (χ4n) is 2.77. The van der Waals surface area contributed by atoms with Gasteiger partial charge in [-0.15, -0.1) is 0 Å². The molecule has 0 bridgehead atoms. The Bertz CT molecular complexity index is 669. The summed E-state index contributed by atoms with van der Waals surface area (Å²) in [7, 11) is 0. The first-order valence-electron chi connectivity index (χ1n) is 8.17. The Balaban J connectivity index is 1.67. The number of benzene rings is 2. The Morgan fingerprint density at radius 2 is 2.08 bits per heavy atom. The van der Waals surface area contributed by atoms with E-state index in [9.17, 15) is 4.79 Å². The van der Waals surface area contributed by atoms with Crippen LogP contribution in [0.5, 0.6) is 5.75 Å². The highest BCUT2D eigenvalue weighted by Crippen LogP contribution is 2.24. The standard InChI is InChI=1S/C19H22N2O3/c20-19(22)18(14-6-2-1-3-7-14)21-15-8-4-9-16(12-15)24-13-17-10-5-11-23-17/h1-4,6-9,12,17-18,21H,5,10-11,13H2,(H2,20,22)/t17-,18-/m0/s1. The SMILES string of the molecule is NC(=O)[C@@H](Nc1cccc(OC[C@@H]2CCCO2)c1)c1ccccc1. The largest absolute Gasteiger partial charge is 0.491 e. The lowest BCUT2D eigenvalue weighted by Crippen LogP contribution is -2.27. The van der Waals surface area contributed by atoms with Gasteiger partial charge in [0.25, 0.3) is 0 Å². The fraction of sp³-hybridized carbons (Fsp3) is 0.316. The predicted molar refractivity (Wildman–Crippen MR) is 92.9 cm³/mol. The summed E-state index contributed by atoms with van der Waals surface area (Å²) < 4.78 is 11.4.